The predicted octanol–water partition coefficient (Wildman–Crippen LogP) is 26.9. The molecule has 8 aromatic carbocycles. The van der Waals surface area contributed by atoms with Crippen LogP contribution in [-0.2, 0) is 6.42 Å². The molecule has 1 unspecified atom stereocenters. The molecule has 0 saturated carbocycles. The van der Waals surface area contributed by atoms with Crippen molar-refractivity contribution in [3.8, 4) is 32.8 Å². The van der Waals surface area contributed by atoms with Gasteiger partial charge in [-0.05, 0) is 209 Å². The molecule has 3 aliphatic rings. The van der Waals surface area contributed by atoms with Crippen LogP contribution in [0.2, 0.25) is 0 Å². The number of allylic oxidation sites excluding steroid dienone is 10. The second kappa shape index (κ2) is 36.8. The third-order valence-corrected chi connectivity index (χ3v) is 19.2. The third-order valence-electron chi connectivity index (χ3n) is 18.2. The fraction of sp³-hybridized carbons (Fsp3) is 0.297. The number of aliphatic imine (C=N–C) groups is 1. The van der Waals surface area contributed by atoms with Gasteiger partial charge in [-0.15, -0.1) is 11.3 Å². The molecule has 0 radical (unpaired) electrons. The summed E-state index contributed by atoms with van der Waals surface area (Å²) in [5, 5.41) is 3.58. The molecule has 95 heavy (non-hydrogen) atoms. The summed E-state index contributed by atoms with van der Waals surface area (Å²) in [7, 11) is 0. The summed E-state index contributed by atoms with van der Waals surface area (Å²) in [6.45, 7) is 35.1. The zero-order chi connectivity index (χ0) is 67.6. The van der Waals surface area contributed by atoms with Gasteiger partial charge in [-0.2, -0.15) is 0 Å². The number of likely N-dealkylation sites (N-methyl/N-ethyl adjacent to an activating group) is 1. The van der Waals surface area contributed by atoms with Gasteiger partial charge < -0.3 is 4.90 Å². The van der Waals surface area contributed by atoms with Gasteiger partial charge in [0.05, 0.1) is 22.0 Å². The maximum Gasteiger partial charge on any atom is 0.124 e. The number of para-hydroxylation sites is 1. The summed E-state index contributed by atoms with van der Waals surface area (Å²) in [6, 6.07) is 62.1. The Bertz CT molecular complexity index is 4220. The quantitative estimate of drug-likeness (QED) is 0.0530. The Morgan fingerprint density at radius 2 is 1.20 bits per heavy atom. The molecule has 9 aromatic rings. The highest BCUT2D eigenvalue weighted by Crippen LogP contribution is 2.43. The van der Waals surface area contributed by atoms with Gasteiger partial charge in [0, 0.05) is 40.7 Å². The van der Waals surface area contributed by atoms with Crippen LogP contribution in [0, 0.1) is 27.7 Å². The number of aryl methyl sites for hydroxylation is 5. The van der Waals surface area contributed by atoms with Crippen LogP contribution in [0.15, 0.2) is 247 Å². The van der Waals surface area contributed by atoms with Gasteiger partial charge >= 0.3 is 0 Å². The van der Waals surface area contributed by atoms with Gasteiger partial charge in [0.15, 0.2) is 0 Å². The van der Waals surface area contributed by atoms with Crippen LogP contribution in [0.25, 0.3) is 76.4 Å². The Morgan fingerprint density at radius 3 is 1.88 bits per heavy atom. The lowest BCUT2D eigenvalue weighted by Crippen LogP contribution is -2.38. The fourth-order valence-corrected chi connectivity index (χ4v) is 14.0. The number of rotatable bonds is 21. The lowest BCUT2D eigenvalue weighted by molar-refractivity contribution is 0.392. The zero-order valence-corrected chi connectivity index (χ0v) is 60.2. The number of hydrogen-bond donors (Lipinski definition) is 0. The van der Waals surface area contributed by atoms with E-state index in [1.165, 1.54) is 174 Å². The predicted molar refractivity (Wildman–Crippen MR) is 423 cm³/mol. The lowest BCUT2D eigenvalue weighted by Gasteiger charge is -2.40. The van der Waals surface area contributed by atoms with Crippen LogP contribution in [0.4, 0.5) is 0 Å². The van der Waals surface area contributed by atoms with E-state index < -0.39 is 0 Å². The molecule has 1 aliphatic carbocycles. The van der Waals surface area contributed by atoms with Crippen molar-refractivity contribution in [1.82, 2.24) is 9.88 Å². The highest BCUT2D eigenvalue weighted by molar-refractivity contribution is 7.21. The Hall–Kier alpha value is -8.70. The van der Waals surface area contributed by atoms with Crippen molar-refractivity contribution in [2.75, 3.05) is 6.54 Å². The molecule has 0 bridgehead atoms. The molecule has 12 rings (SSSR count). The van der Waals surface area contributed by atoms with Crippen LogP contribution in [-0.4, -0.2) is 28.7 Å². The van der Waals surface area contributed by atoms with Crippen molar-refractivity contribution in [2.45, 2.75) is 173 Å². The number of benzene rings is 8. The first kappa shape index (κ1) is 72.1. The summed E-state index contributed by atoms with van der Waals surface area (Å²) < 4.78 is 1.22. The van der Waals surface area contributed by atoms with Crippen LogP contribution in [0.1, 0.15) is 183 Å². The molecule has 3 heterocycles. The maximum absolute atomic E-state index is 5.15. The summed E-state index contributed by atoms with van der Waals surface area (Å²) in [4.78, 5) is 12.6. The maximum atomic E-state index is 5.15. The number of aromatic nitrogens is 1. The van der Waals surface area contributed by atoms with Gasteiger partial charge in [-0.25, -0.2) is 4.98 Å². The minimum atomic E-state index is 0.0617. The Labute approximate surface area is 576 Å². The first-order valence-electron chi connectivity index (χ1n) is 35.7. The number of fused-ring (bicyclic) bond motifs is 3. The molecule has 1 aromatic heterocycles. The first-order chi connectivity index (χ1) is 46.5. The molecule has 0 N–H and O–H groups in total. The van der Waals surface area contributed by atoms with E-state index in [1.807, 2.05) is 39.8 Å². The molecule has 2 aliphatic heterocycles. The average Bonchev–Trinajstić information content (AvgIpc) is 1.38. The molecule has 0 amide bonds. The molecule has 490 valence electrons. The van der Waals surface area contributed by atoms with Crippen LogP contribution < -0.4 is 0 Å². The van der Waals surface area contributed by atoms with Gasteiger partial charge in [-0.3, -0.25) is 4.99 Å². The van der Waals surface area contributed by atoms with Crippen LogP contribution >= 0.6 is 11.3 Å². The van der Waals surface area contributed by atoms with Crippen molar-refractivity contribution in [2.24, 2.45) is 4.99 Å². The highest BCUT2D eigenvalue weighted by Gasteiger charge is 2.32. The van der Waals surface area contributed by atoms with Crippen molar-refractivity contribution in [3.63, 3.8) is 0 Å². The zero-order valence-electron chi connectivity index (χ0n) is 59.4. The van der Waals surface area contributed by atoms with Crippen molar-refractivity contribution >= 4 is 61.1 Å². The van der Waals surface area contributed by atoms with Crippen LogP contribution in [0.5, 0.6) is 0 Å². The average molecular weight is 1270 g/mol. The highest BCUT2D eigenvalue weighted by atomic mass is 32.1. The topological polar surface area (TPSA) is 28.5 Å². The summed E-state index contributed by atoms with van der Waals surface area (Å²) >= 11 is 1.75. The van der Waals surface area contributed by atoms with Gasteiger partial charge in [0.25, 0.3) is 0 Å². The molecular formula is C91H105N3S. The number of nitrogens with zero attached hydrogens (tertiary/aromatic N) is 3. The fourth-order valence-electron chi connectivity index (χ4n) is 12.9. The molecular weight excluding hydrogens is 1170 g/mol. The van der Waals surface area contributed by atoms with Crippen molar-refractivity contribution in [1.29, 1.82) is 0 Å². The molecule has 0 saturated heterocycles. The number of unbranched alkanes of at least 4 members (excludes halogenated alkanes) is 8. The first-order valence-corrected chi connectivity index (χ1v) is 36.5. The number of hydrogen-bond acceptors (Lipinski definition) is 4. The van der Waals surface area contributed by atoms with E-state index in [0.717, 1.165) is 58.7 Å². The standard InChI is InChI=1S/C49H52N2.C32H27NS.C6H14.2C2H6/c1-6-8-9-10-11-12-19-37-20-16-23-39(28-37)41-25-24-34(3)43(30-41)47-31-44(42-27-26-38-21-13-14-22-40(38)29-42)45-33-50-46(32-48(45)51(47)7-2)49-35(4)17-15-18-36(49)5;1-4-24(19-23(3)25-11-6-5-7-12-25)26-13-10-14-27(20-26)28-18-17-22(2)29(21-28)32-33-30-15-8-9-16-31(30)34-32;1-3-5-6-4-2;2*1-2/h13-18,20-33,48H,6-12,19H2,1-5H3;4-6,8-11,13-21H,1,3,7,12H2,2H3;3-6H2,1-2H3;2*1-2H3/b;24-19+;;;. The summed E-state index contributed by atoms with van der Waals surface area (Å²) in [6.07, 6.45) is 34.3. The molecule has 1 atom stereocenters. The van der Waals surface area contributed by atoms with E-state index in [0.29, 0.717) is 0 Å². The van der Waals surface area contributed by atoms with Crippen LogP contribution in [0.3, 0.4) is 0 Å². The minimum absolute atomic E-state index is 0.0617. The molecule has 4 heteroatoms. The smallest absolute Gasteiger partial charge is 0.124 e. The van der Waals surface area contributed by atoms with Crippen molar-refractivity contribution in [3.05, 3.63) is 292 Å². The molecule has 0 fully saturated rings. The minimum Gasteiger partial charge on any atom is -0.361 e. The summed E-state index contributed by atoms with van der Waals surface area (Å²) in [5.74, 6) is 0. The second-order valence-corrected chi connectivity index (χ2v) is 25.8. The molecule has 0 spiro atoms. The van der Waals surface area contributed by atoms with E-state index in [-0.39, 0.29) is 6.04 Å². The second-order valence-electron chi connectivity index (χ2n) is 24.8. The SMILES string of the molecule is C=C/C(=C\C(=C)C1=CC=CCC1)c1cccc(-c2ccc(C)c(-c3nc4ccccc4s3)c2)c1.CC.CC.CCCCCC.CCCCCCCCc1cccc(-c2ccc(C)c(C3=CC(c4ccc5ccccc5c4)=C4C=NC(c5c(C)cccc5C)=CC4N3CC)c2)c1. The third kappa shape index (κ3) is 18.6. The largest absolute Gasteiger partial charge is 0.361 e. The van der Waals surface area contributed by atoms with E-state index in [4.69, 9.17) is 9.98 Å². The van der Waals surface area contributed by atoms with E-state index in [2.05, 4.69) is 280 Å². The number of thiazole rings is 1. The normalized spacial score (nSPS) is 14.0. The lowest BCUT2D eigenvalue weighted by atomic mass is 9.84. The summed E-state index contributed by atoms with van der Waals surface area (Å²) in [5.41, 5.74) is 26.8. The Balaban J connectivity index is 0.000000226. The van der Waals surface area contributed by atoms with E-state index in [9.17, 15) is 0 Å². The van der Waals surface area contributed by atoms with Crippen molar-refractivity contribution < 1.29 is 0 Å². The molecule has 3 nitrogen and oxygen atoms in total. The monoisotopic (exact) mass is 1270 g/mol. The van der Waals surface area contributed by atoms with E-state index >= 15 is 0 Å². The van der Waals surface area contributed by atoms with E-state index in [1.54, 1.807) is 11.3 Å². The van der Waals surface area contributed by atoms with Gasteiger partial charge in [0.2, 0.25) is 0 Å². The Morgan fingerprint density at radius 1 is 0.589 bits per heavy atom. The Kier molecular flexibility index (Phi) is 28.0. The van der Waals surface area contributed by atoms with Gasteiger partial charge in [-0.1, -0.05) is 277 Å². The van der Waals surface area contributed by atoms with Gasteiger partial charge in [0.1, 0.15) is 5.01 Å².